The van der Waals surface area contributed by atoms with Gasteiger partial charge in [0.25, 0.3) is 0 Å². The molecule has 0 spiro atoms. The van der Waals surface area contributed by atoms with Crippen LogP contribution in [-0.2, 0) is 19.1 Å². The van der Waals surface area contributed by atoms with Crippen molar-refractivity contribution in [2.75, 3.05) is 6.61 Å². The Bertz CT molecular complexity index is 995. The van der Waals surface area contributed by atoms with E-state index in [0.717, 1.165) is 13.0 Å². The lowest BCUT2D eigenvalue weighted by molar-refractivity contribution is -0.224. The maximum atomic E-state index is 17.1. The van der Waals surface area contributed by atoms with Gasteiger partial charge in [-0.1, -0.05) is 25.4 Å². The van der Waals surface area contributed by atoms with Gasteiger partial charge >= 0.3 is 5.97 Å². The summed E-state index contributed by atoms with van der Waals surface area (Å²) in [6, 6.07) is 0. The molecule has 9 unspecified atom stereocenters. The van der Waals surface area contributed by atoms with Gasteiger partial charge in [-0.3, -0.25) is 14.4 Å². The van der Waals surface area contributed by atoms with E-state index < -0.39 is 76.3 Å². The van der Waals surface area contributed by atoms with Crippen LogP contribution in [0.25, 0.3) is 0 Å². The molecule has 4 aliphatic rings. The predicted molar refractivity (Wildman–Crippen MR) is 115 cm³/mol. The molecule has 0 bridgehead atoms. The molecule has 0 aromatic carbocycles. The zero-order valence-corrected chi connectivity index (χ0v) is 19.8. The molecule has 0 amide bonds. The molecule has 182 valence electrons. The molecule has 4 rings (SSSR count). The average molecular weight is 487 g/mol. The number of Topliss-reactive ketones (excluding diaryl/α,β-unsaturated/α-hetero) is 1. The fourth-order valence-electron chi connectivity index (χ4n) is 7.47. The molecule has 9 atom stereocenters. The van der Waals surface area contributed by atoms with Gasteiger partial charge in [-0.25, -0.2) is 8.78 Å². The van der Waals surface area contributed by atoms with E-state index in [4.69, 9.17) is 16.3 Å². The third-order valence-corrected chi connectivity index (χ3v) is 9.40. The Morgan fingerprint density at radius 1 is 1.27 bits per heavy atom. The molecule has 4 aliphatic carbocycles. The number of alkyl halides is 2. The summed E-state index contributed by atoms with van der Waals surface area (Å²) in [6.07, 6.45) is -1.43. The van der Waals surface area contributed by atoms with Gasteiger partial charge < -0.3 is 14.9 Å². The van der Waals surface area contributed by atoms with Crippen molar-refractivity contribution in [3.63, 3.8) is 0 Å². The van der Waals surface area contributed by atoms with Crippen molar-refractivity contribution >= 4 is 29.1 Å². The second-order valence-electron chi connectivity index (χ2n) is 10.6. The van der Waals surface area contributed by atoms with Crippen LogP contribution in [0.5, 0.6) is 0 Å². The van der Waals surface area contributed by atoms with Gasteiger partial charge in [0.05, 0.1) is 11.1 Å². The van der Waals surface area contributed by atoms with Crippen molar-refractivity contribution in [1.82, 2.24) is 0 Å². The van der Waals surface area contributed by atoms with Crippen molar-refractivity contribution in [3.05, 3.63) is 22.8 Å². The smallest absolute Gasteiger partial charge is 0.303 e. The molecule has 33 heavy (non-hydrogen) atoms. The summed E-state index contributed by atoms with van der Waals surface area (Å²) in [5.74, 6) is -4.34. The Balaban J connectivity index is 1.81. The highest BCUT2D eigenvalue weighted by atomic mass is 35.5. The lowest BCUT2D eigenvalue weighted by Gasteiger charge is -2.63. The molecule has 0 aromatic heterocycles. The second kappa shape index (κ2) is 7.43. The fourth-order valence-corrected chi connectivity index (χ4v) is 7.74. The Kier molecular flexibility index (Phi) is 5.51. The molecule has 3 saturated carbocycles. The molecule has 0 aromatic rings. The first-order chi connectivity index (χ1) is 15.1. The summed E-state index contributed by atoms with van der Waals surface area (Å²) in [5, 5.41) is 22.7. The number of allylic oxidation sites excluding steroid dienone is 4. The van der Waals surface area contributed by atoms with Gasteiger partial charge in [0.1, 0.15) is 11.8 Å². The fraction of sp³-hybridized carbons (Fsp3) is 0.708. The molecule has 2 N–H and O–H groups in total. The molecule has 6 nitrogen and oxygen atoms in total. The van der Waals surface area contributed by atoms with E-state index in [2.05, 4.69) is 0 Å². The van der Waals surface area contributed by atoms with Crippen molar-refractivity contribution < 1.29 is 38.1 Å². The highest BCUT2D eigenvalue weighted by molar-refractivity contribution is 6.44. The van der Waals surface area contributed by atoms with Crippen molar-refractivity contribution in [2.24, 2.45) is 28.6 Å². The summed E-state index contributed by atoms with van der Waals surface area (Å²) in [4.78, 5) is 36.4. The third kappa shape index (κ3) is 2.93. The maximum absolute atomic E-state index is 17.1. The predicted octanol–water partition coefficient (Wildman–Crippen LogP) is 2.98. The van der Waals surface area contributed by atoms with Crippen LogP contribution < -0.4 is 0 Å². The highest BCUT2D eigenvalue weighted by Gasteiger charge is 2.76. The lowest BCUT2D eigenvalue weighted by atomic mass is 9.44. The molecule has 3 fully saturated rings. The van der Waals surface area contributed by atoms with Gasteiger partial charge in [-0.05, 0) is 55.7 Å². The number of aliphatic hydroxyl groups is 2. The molecule has 0 saturated heterocycles. The van der Waals surface area contributed by atoms with Gasteiger partial charge in [0, 0.05) is 23.7 Å². The van der Waals surface area contributed by atoms with E-state index in [9.17, 15) is 24.6 Å². The Hall–Kier alpha value is -1.64. The zero-order valence-electron chi connectivity index (χ0n) is 19.0. The number of halogens is 3. The van der Waals surface area contributed by atoms with Crippen LogP contribution in [0.15, 0.2) is 22.8 Å². The molecular formula is C24H29ClF2O6. The number of rotatable bonds is 3. The highest BCUT2D eigenvalue weighted by Crippen LogP contribution is 2.71. The van der Waals surface area contributed by atoms with Crippen LogP contribution in [0.4, 0.5) is 8.78 Å². The van der Waals surface area contributed by atoms with Crippen LogP contribution in [0.2, 0.25) is 0 Å². The number of hydrogen-bond donors (Lipinski definition) is 2. The lowest BCUT2D eigenvalue weighted by Crippen LogP contribution is -2.70. The monoisotopic (exact) mass is 486 g/mol. The van der Waals surface area contributed by atoms with E-state index in [1.165, 1.54) is 13.0 Å². The SMILES string of the molecule is CC(=O)OCC(=O)C1(O)C(C)CC2C3CC(F)C4=CC(=O)C(Cl)=CC4(C)C3(F)C(O)CC21C. The number of carbonyl (C=O) groups excluding carboxylic acids is 3. The summed E-state index contributed by atoms with van der Waals surface area (Å²) >= 11 is 6.04. The van der Waals surface area contributed by atoms with E-state index in [1.807, 2.05) is 0 Å². The van der Waals surface area contributed by atoms with Crippen LogP contribution in [0, 0.1) is 28.6 Å². The number of carbonyl (C=O) groups is 3. The largest absolute Gasteiger partial charge is 0.458 e. The topological polar surface area (TPSA) is 101 Å². The van der Waals surface area contributed by atoms with Gasteiger partial charge in [-0.15, -0.1) is 0 Å². The number of ketones is 2. The zero-order chi connectivity index (χ0) is 24.7. The van der Waals surface area contributed by atoms with Crippen molar-refractivity contribution in [3.8, 4) is 0 Å². The molecule has 0 radical (unpaired) electrons. The molecule has 0 aliphatic heterocycles. The van der Waals surface area contributed by atoms with E-state index in [0.29, 0.717) is 0 Å². The summed E-state index contributed by atoms with van der Waals surface area (Å²) in [5.41, 5.74) is -7.35. The number of esters is 1. The normalized spacial score (nSPS) is 48.8. The third-order valence-electron chi connectivity index (χ3n) is 9.10. The minimum absolute atomic E-state index is 0.0504. The van der Waals surface area contributed by atoms with Crippen molar-refractivity contribution in [2.45, 2.75) is 70.5 Å². The molecule has 0 heterocycles. The van der Waals surface area contributed by atoms with Crippen molar-refractivity contribution in [1.29, 1.82) is 0 Å². The van der Waals surface area contributed by atoms with Crippen LogP contribution in [0.3, 0.4) is 0 Å². The Morgan fingerprint density at radius 2 is 1.91 bits per heavy atom. The summed E-state index contributed by atoms with van der Waals surface area (Å²) in [6.45, 7) is 5.21. The van der Waals surface area contributed by atoms with E-state index in [1.54, 1.807) is 13.8 Å². The van der Waals surface area contributed by atoms with Gasteiger partial charge in [-0.2, -0.15) is 0 Å². The van der Waals surface area contributed by atoms with Crippen LogP contribution >= 0.6 is 11.6 Å². The number of hydrogen-bond acceptors (Lipinski definition) is 6. The number of aliphatic hydroxyl groups excluding tert-OH is 1. The van der Waals surface area contributed by atoms with E-state index >= 15 is 8.78 Å². The van der Waals surface area contributed by atoms with E-state index in [-0.39, 0.29) is 29.9 Å². The standard InChI is InChI=1S/C24H29ClF2O6/c1-11-5-13-14-6-17(26)15-7-18(29)16(25)8-21(15,3)23(14,27)19(30)9-22(13,4)24(11,32)20(31)10-33-12(2)28/h7-8,11,13-14,17,19,30,32H,5-6,9-10H2,1-4H3. The first kappa shape index (κ1) is 24.5. The summed E-state index contributed by atoms with van der Waals surface area (Å²) in [7, 11) is 0. The molecule has 9 heteroatoms. The first-order valence-corrected chi connectivity index (χ1v) is 11.6. The maximum Gasteiger partial charge on any atom is 0.303 e. The first-order valence-electron chi connectivity index (χ1n) is 11.2. The van der Waals surface area contributed by atoms with Crippen LogP contribution in [-0.4, -0.2) is 57.9 Å². The van der Waals surface area contributed by atoms with Gasteiger partial charge in [0.15, 0.2) is 18.1 Å². The second-order valence-corrected chi connectivity index (χ2v) is 11.0. The quantitative estimate of drug-likeness (QED) is 0.595. The van der Waals surface area contributed by atoms with Gasteiger partial charge in [0.2, 0.25) is 5.78 Å². The van der Waals surface area contributed by atoms with Crippen LogP contribution in [0.1, 0.15) is 47.0 Å². The number of ether oxygens (including phenoxy) is 1. The summed E-state index contributed by atoms with van der Waals surface area (Å²) < 4.78 is 37.4. The number of fused-ring (bicyclic) bond motifs is 5. The average Bonchev–Trinajstić information content (AvgIpc) is 2.92. The Morgan fingerprint density at radius 3 is 2.52 bits per heavy atom. The minimum Gasteiger partial charge on any atom is -0.458 e. The Labute approximate surface area is 196 Å². The molecular weight excluding hydrogens is 458 g/mol. The minimum atomic E-state index is -2.36.